The maximum absolute atomic E-state index is 9.50. The summed E-state index contributed by atoms with van der Waals surface area (Å²) in [6, 6.07) is 8.12. The maximum Gasteiger partial charge on any atom is 0.253 e. The molecule has 3 heteroatoms. The molecule has 0 saturated carbocycles. The van der Waals surface area contributed by atoms with Gasteiger partial charge in [-0.2, -0.15) is 0 Å². The molecule has 18 heavy (non-hydrogen) atoms. The lowest BCUT2D eigenvalue weighted by Crippen LogP contribution is -2.46. The zero-order valence-electron chi connectivity index (χ0n) is 12.2. The first kappa shape index (κ1) is 15.4. The van der Waals surface area contributed by atoms with Crippen LogP contribution in [-0.2, 0) is 11.0 Å². The SMILES string of the molecule is CCO[Si](c1ccccc1CO)C(C)(C)C(C)C. The van der Waals surface area contributed by atoms with Crippen molar-refractivity contribution in [2.75, 3.05) is 6.61 Å². The van der Waals surface area contributed by atoms with Crippen molar-refractivity contribution in [3.8, 4) is 0 Å². The summed E-state index contributed by atoms with van der Waals surface area (Å²) in [4.78, 5) is 0. The molecule has 0 aliphatic heterocycles. The van der Waals surface area contributed by atoms with E-state index in [0.717, 1.165) is 12.2 Å². The first-order chi connectivity index (χ1) is 8.45. The zero-order chi connectivity index (χ0) is 13.8. The Balaban J connectivity index is 3.19. The van der Waals surface area contributed by atoms with E-state index in [0.29, 0.717) is 5.92 Å². The Bertz CT molecular complexity index is 375. The summed E-state index contributed by atoms with van der Waals surface area (Å²) >= 11 is 0. The Labute approximate surface area is 113 Å². The fourth-order valence-electron chi connectivity index (χ4n) is 1.90. The summed E-state index contributed by atoms with van der Waals surface area (Å²) in [6.45, 7) is 11.9. The van der Waals surface area contributed by atoms with E-state index in [2.05, 4.69) is 33.8 Å². The second-order valence-electron chi connectivity index (χ2n) is 5.45. The third kappa shape index (κ3) is 3.22. The molecular formula is C15H25O2Si. The smallest absolute Gasteiger partial charge is 0.253 e. The van der Waals surface area contributed by atoms with Crippen LogP contribution in [0.25, 0.3) is 0 Å². The van der Waals surface area contributed by atoms with Crippen LogP contribution in [0.3, 0.4) is 0 Å². The molecule has 0 saturated heterocycles. The minimum absolute atomic E-state index is 0.0889. The quantitative estimate of drug-likeness (QED) is 0.802. The van der Waals surface area contributed by atoms with Gasteiger partial charge in [-0.05, 0) is 28.6 Å². The molecule has 0 bridgehead atoms. The van der Waals surface area contributed by atoms with Crippen molar-refractivity contribution in [1.82, 2.24) is 0 Å². The number of benzene rings is 1. The predicted octanol–water partition coefficient (Wildman–Crippen LogP) is 2.85. The summed E-state index contributed by atoms with van der Waals surface area (Å²) < 4.78 is 6.09. The fraction of sp³-hybridized carbons (Fsp3) is 0.600. The lowest BCUT2D eigenvalue weighted by molar-refractivity contribution is 0.280. The monoisotopic (exact) mass is 265 g/mol. The highest BCUT2D eigenvalue weighted by Gasteiger charge is 2.38. The van der Waals surface area contributed by atoms with Crippen molar-refractivity contribution in [1.29, 1.82) is 0 Å². The third-order valence-electron chi connectivity index (χ3n) is 3.75. The van der Waals surface area contributed by atoms with Crippen LogP contribution in [0.4, 0.5) is 0 Å². The largest absolute Gasteiger partial charge is 0.411 e. The molecule has 0 fully saturated rings. The second-order valence-corrected chi connectivity index (χ2v) is 8.23. The standard InChI is InChI=1S/C15H25O2Si/c1-6-17-18(15(4,5)12(2)3)14-10-8-7-9-13(14)11-16/h7-10,12,16H,6,11H2,1-5H3. The van der Waals surface area contributed by atoms with Gasteiger partial charge in [0.1, 0.15) is 0 Å². The molecule has 1 aromatic rings. The van der Waals surface area contributed by atoms with Crippen LogP contribution < -0.4 is 5.19 Å². The molecule has 0 aliphatic rings. The molecule has 0 unspecified atom stereocenters. The van der Waals surface area contributed by atoms with Crippen molar-refractivity contribution in [2.45, 2.75) is 46.3 Å². The van der Waals surface area contributed by atoms with E-state index in [-0.39, 0.29) is 11.6 Å². The van der Waals surface area contributed by atoms with E-state index >= 15 is 0 Å². The maximum atomic E-state index is 9.50. The van der Waals surface area contributed by atoms with Crippen LogP contribution >= 0.6 is 0 Å². The van der Waals surface area contributed by atoms with Crippen molar-refractivity contribution in [3.63, 3.8) is 0 Å². The van der Waals surface area contributed by atoms with Crippen molar-refractivity contribution in [2.24, 2.45) is 5.92 Å². The molecule has 1 rings (SSSR count). The Kier molecular flexibility index (Phi) is 5.57. The van der Waals surface area contributed by atoms with Crippen molar-refractivity contribution in [3.05, 3.63) is 29.8 Å². The van der Waals surface area contributed by atoms with Crippen LogP contribution in [-0.4, -0.2) is 20.8 Å². The second kappa shape index (κ2) is 6.50. The molecule has 1 aromatic carbocycles. The minimum atomic E-state index is -1.15. The van der Waals surface area contributed by atoms with Gasteiger partial charge < -0.3 is 9.53 Å². The van der Waals surface area contributed by atoms with Crippen molar-refractivity contribution < 1.29 is 9.53 Å². The van der Waals surface area contributed by atoms with Gasteiger partial charge in [-0.3, -0.25) is 0 Å². The summed E-state index contributed by atoms with van der Waals surface area (Å²) in [6.07, 6.45) is 0. The number of aliphatic hydroxyl groups is 1. The lowest BCUT2D eigenvalue weighted by atomic mass is 9.99. The molecule has 1 N–H and O–H groups in total. The summed E-state index contributed by atoms with van der Waals surface area (Å²) in [5.41, 5.74) is 1.01. The first-order valence-electron chi connectivity index (χ1n) is 6.64. The summed E-state index contributed by atoms with van der Waals surface area (Å²) in [7, 11) is -1.15. The van der Waals surface area contributed by atoms with E-state index < -0.39 is 9.04 Å². The number of aliphatic hydroxyl groups excluding tert-OH is 1. The average Bonchev–Trinajstić information content (AvgIpc) is 2.35. The number of rotatable bonds is 6. The molecule has 0 atom stereocenters. The third-order valence-corrected chi connectivity index (χ3v) is 7.05. The highest BCUT2D eigenvalue weighted by Crippen LogP contribution is 2.37. The van der Waals surface area contributed by atoms with Crippen LogP contribution in [0.15, 0.2) is 24.3 Å². The lowest BCUT2D eigenvalue weighted by Gasteiger charge is -2.36. The van der Waals surface area contributed by atoms with E-state index in [9.17, 15) is 5.11 Å². The zero-order valence-corrected chi connectivity index (χ0v) is 13.2. The molecule has 0 spiro atoms. The number of hydrogen-bond donors (Lipinski definition) is 1. The minimum Gasteiger partial charge on any atom is -0.411 e. The van der Waals surface area contributed by atoms with Crippen molar-refractivity contribution >= 4 is 14.2 Å². The number of hydrogen-bond acceptors (Lipinski definition) is 2. The van der Waals surface area contributed by atoms with E-state index in [1.54, 1.807) is 0 Å². The first-order valence-corrected chi connectivity index (χ1v) is 8.05. The summed E-state index contributed by atoms with van der Waals surface area (Å²) in [5.74, 6) is 0.546. The molecule has 101 valence electrons. The van der Waals surface area contributed by atoms with Gasteiger partial charge in [0.25, 0.3) is 9.04 Å². The van der Waals surface area contributed by atoms with Gasteiger partial charge in [0.15, 0.2) is 0 Å². The van der Waals surface area contributed by atoms with Crippen LogP contribution in [0.1, 0.15) is 40.2 Å². The molecule has 0 heterocycles. The molecule has 1 radical (unpaired) electrons. The normalized spacial score (nSPS) is 12.4. The Morgan fingerprint density at radius 3 is 2.39 bits per heavy atom. The van der Waals surface area contributed by atoms with Gasteiger partial charge in [-0.15, -0.1) is 0 Å². The molecule has 2 nitrogen and oxygen atoms in total. The molecule has 0 amide bonds. The van der Waals surface area contributed by atoms with Crippen LogP contribution in [0.2, 0.25) is 5.04 Å². The van der Waals surface area contributed by atoms with Crippen LogP contribution in [0.5, 0.6) is 0 Å². The van der Waals surface area contributed by atoms with Crippen LogP contribution in [0, 0.1) is 5.92 Å². The fourth-order valence-corrected chi connectivity index (χ4v) is 4.63. The average molecular weight is 265 g/mol. The van der Waals surface area contributed by atoms with E-state index in [1.165, 1.54) is 5.19 Å². The molecule has 0 aromatic heterocycles. The van der Waals surface area contributed by atoms with E-state index in [1.807, 2.05) is 25.1 Å². The molecular weight excluding hydrogens is 240 g/mol. The Hall–Kier alpha value is -0.643. The van der Waals surface area contributed by atoms with Gasteiger partial charge in [0.05, 0.1) is 6.61 Å². The highest BCUT2D eigenvalue weighted by atomic mass is 28.3. The Morgan fingerprint density at radius 1 is 1.28 bits per heavy atom. The predicted molar refractivity (Wildman–Crippen MR) is 78.3 cm³/mol. The summed E-state index contributed by atoms with van der Waals surface area (Å²) in [5, 5.41) is 10.8. The topological polar surface area (TPSA) is 29.5 Å². The van der Waals surface area contributed by atoms with Gasteiger partial charge in [-0.1, -0.05) is 52.0 Å². The van der Waals surface area contributed by atoms with Gasteiger partial charge in [0.2, 0.25) is 0 Å². The van der Waals surface area contributed by atoms with Gasteiger partial charge >= 0.3 is 0 Å². The van der Waals surface area contributed by atoms with Gasteiger partial charge in [0, 0.05) is 6.61 Å². The Morgan fingerprint density at radius 2 is 1.89 bits per heavy atom. The van der Waals surface area contributed by atoms with E-state index in [4.69, 9.17) is 4.43 Å². The molecule has 0 aliphatic carbocycles. The van der Waals surface area contributed by atoms with Gasteiger partial charge in [-0.25, -0.2) is 0 Å². The highest BCUT2D eigenvalue weighted by molar-refractivity contribution is 6.70.